The van der Waals surface area contributed by atoms with Gasteiger partial charge in [0.2, 0.25) is 5.91 Å². The van der Waals surface area contributed by atoms with Gasteiger partial charge in [0.15, 0.2) is 0 Å². The molecule has 7 heteroatoms. The average Bonchev–Trinajstić information content (AvgIpc) is 3.41. The van der Waals surface area contributed by atoms with E-state index >= 15 is 0 Å². The number of carbonyl (C=O) groups excluding carboxylic acids is 1. The zero-order valence-corrected chi connectivity index (χ0v) is 13.5. The summed E-state index contributed by atoms with van der Waals surface area (Å²) < 4.78 is 13.0. The molecule has 0 heterocycles. The third-order valence-electron chi connectivity index (χ3n) is 4.41. The molecule has 0 saturated heterocycles. The van der Waals surface area contributed by atoms with Crippen molar-refractivity contribution in [2.45, 2.75) is 18.3 Å². The largest absolute Gasteiger partial charge is 0.378 e. The van der Waals surface area contributed by atoms with Crippen molar-refractivity contribution in [2.75, 3.05) is 18.4 Å². The molecule has 2 N–H and O–H groups in total. The Kier molecular flexibility index (Phi) is 4.65. The number of carbonyl (C=O) groups is 1. The van der Waals surface area contributed by atoms with Crippen molar-refractivity contribution in [3.05, 3.63) is 70.0 Å². The predicted octanol–water partition coefficient (Wildman–Crippen LogP) is 2.99. The van der Waals surface area contributed by atoms with E-state index in [0.29, 0.717) is 18.8 Å². The van der Waals surface area contributed by atoms with E-state index in [0.717, 1.165) is 18.4 Å². The highest BCUT2D eigenvalue weighted by Crippen LogP contribution is 2.48. The van der Waals surface area contributed by atoms with E-state index in [2.05, 4.69) is 10.6 Å². The number of anilines is 1. The van der Waals surface area contributed by atoms with Gasteiger partial charge in [-0.05, 0) is 36.6 Å². The van der Waals surface area contributed by atoms with Crippen LogP contribution in [0.25, 0.3) is 0 Å². The molecule has 1 aliphatic rings. The molecule has 2 aromatic carbocycles. The Morgan fingerprint density at radius 2 is 1.80 bits per heavy atom. The van der Waals surface area contributed by atoms with Crippen LogP contribution in [0.5, 0.6) is 0 Å². The molecular weight excluding hydrogens is 325 g/mol. The number of hydrogen-bond donors (Lipinski definition) is 2. The third-order valence-corrected chi connectivity index (χ3v) is 4.41. The zero-order valence-electron chi connectivity index (χ0n) is 13.5. The van der Waals surface area contributed by atoms with Gasteiger partial charge >= 0.3 is 0 Å². The second-order valence-corrected chi connectivity index (χ2v) is 6.05. The van der Waals surface area contributed by atoms with Crippen LogP contribution in [0.2, 0.25) is 0 Å². The molecule has 0 unspecified atom stereocenters. The predicted molar refractivity (Wildman–Crippen MR) is 91.9 cm³/mol. The van der Waals surface area contributed by atoms with Gasteiger partial charge in [0.1, 0.15) is 11.5 Å². The summed E-state index contributed by atoms with van der Waals surface area (Å²) in [6, 6.07) is 12.4. The monoisotopic (exact) mass is 343 g/mol. The molecule has 0 radical (unpaired) electrons. The number of benzene rings is 2. The number of hydrogen-bond acceptors (Lipinski definition) is 4. The first-order chi connectivity index (χ1) is 12.0. The van der Waals surface area contributed by atoms with E-state index in [1.54, 1.807) is 30.3 Å². The minimum atomic E-state index is -0.563. The fraction of sp³-hybridized carbons (Fsp3) is 0.278. The lowest BCUT2D eigenvalue weighted by Gasteiger charge is -2.16. The van der Waals surface area contributed by atoms with Gasteiger partial charge in [-0.25, -0.2) is 4.39 Å². The Morgan fingerprint density at radius 3 is 2.44 bits per heavy atom. The molecule has 1 amide bonds. The molecule has 2 aromatic rings. The van der Waals surface area contributed by atoms with E-state index in [1.807, 2.05) is 0 Å². The van der Waals surface area contributed by atoms with Crippen LogP contribution in [0.15, 0.2) is 48.5 Å². The summed E-state index contributed by atoms with van der Waals surface area (Å²) in [6.07, 6.45) is 1.48. The molecule has 0 spiro atoms. The minimum Gasteiger partial charge on any atom is -0.378 e. The number of amides is 1. The van der Waals surface area contributed by atoms with Gasteiger partial charge in [0.25, 0.3) is 5.69 Å². The van der Waals surface area contributed by atoms with Crippen LogP contribution in [-0.4, -0.2) is 23.9 Å². The number of nitrogens with one attached hydrogen (secondary N) is 2. The molecule has 25 heavy (non-hydrogen) atoms. The van der Waals surface area contributed by atoms with Crippen LogP contribution < -0.4 is 10.6 Å². The van der Waals surface area contributed by atoms with Crippen molar-refractivity contribution in [3.63, 3.8) is 0 Å². The Hall–Kier alpha value is -2.96. The Bertz CT molecular complexity index is 788. The molecule has 6 nitrogen and oxygen atoms in total. The lowest BCUT2D eigenvalue weighted by atomic mass is 9.95. The average molecular weight is 343 g/mol. The second kappa shape index (κ2) is 6.88. The quantitative estimate of drug-likeness (QED) is 0.460. The maximum atomic E-state index is 13.0. The zero-order chi connectivity index (χ0) is 17.9. The maximum Gasteiger partial charge on any atom is 0.292 e. The van der Waals surface area contributed by atoms with E-state index in [1.165, 1.54) is 18.2 Å². The van der Waals surface area contributed by atoms with Crippen LogP contribution in [0.3, 0.4) is 0 Å². The van der Waals surface area contributed by atoms with Crippen molar-refractivity contribution < 1.29 is 14.1 Å². The van der Waals surface area contributed by atoms with Gasteiger partial charge in [-0.2, -0.15) is 0 Å². The molecule has 0 bridgehead atoms. The van der Waals surface area contributed by atoms with E-state index in [4.69, 9.17) is 0 Å². The Labute approximate surface area is 144 Å². The summed E-state index contributed by atoms with van der Waals surface area (Å²) in [6.45, 7) is 0.712. The van der Waals surface area contributed by atoms with Crippen molar-refractivity contribution >= 4 is 17.3 Å². The Morgan fingerprint density at radius 1 is 1.12 bits per heavy atom. The summed E-state index contributed by atoms with van der Waals surface area (Å²) in [5, 5.41) is 16.8. The van der Waals surface area contributed by atoms with Crippen LogP contribution >= 0.6 is 0 Å². The number of nitro groups is 1. The summed E-state index contributed by atoms with van der Waals surface area (Å²) >= 11 is 0. The van der Waals surface area contributed by atoms with Crippen LogP contribution in [-0.2, 0) is 10.2 Å². The molecule has 0 aromatic heterocycles. The lowest BCUT2D eigenvalue weighted by Crippen LogP contribution is -2.37. The number of para-hydroxylation sites is 2. The fourth-order valence-corrected chi connectivity index (χ4v) is 2.87. The first kappa shape index (κ1) is 16.9. The normalized spacial score (nSPS) is 14.6. The molecular formula is C18H18FN3O3. The summed E-state index contributed by atoms with van der Waals surface area (Å²) in [5.74, 6) is -0.419. The third kappa shape index (κ3) is 3.60. The van der Waals surface area contributed by atoms with Crippen molar-refractivity contribution in [3.8, 4) is 0 Å². The Balaban J connectivity index is 1.54. The molecule has 130 valence electrons. The smallest absolute Gasteiger partial charge is 0.292 e. The van der Waals surface area contributed by atoms with E-state index in [9.17, 15) is 19.3 Å². The first-order valence-electron chi connectivity index (χ1n) is 8.04. The fourth-order valence-electron chi connectivity index (χ4n) is 2.87. The molecule has 1 aliphatic carbocycles. The lowest BCUT2D eigenvalue weighted by molar-refractivity contribution is -0.384. The van der Waals surface area contributed by atoms with Gasteiger partial charge in [-0.1, -0.05) is 24.3 Å². The number of rotatable bonds is 7. The summed E-state index contributed by atoms with van der Waals surface area (Å²) in [5.41, 5.74) is 0.671. The van der Waals surface area contributed by atoms with Gasteiger partial charge < -0.3 is 10.6 Å². The standard InChI is InChI=1S/C18H18FN3O3/c19-14-7-5-13(6-8-14)18(9-10-18)17(23)21-12-11-20-15-3-1-2-4-16(15)22(24)25/h1-8,20H,9-12H2,(H,21,23). The highest BCUT2D eigenvalue weighted by Gasteiger charge is 2.50. The van der Waals surface area contributed by atoms with Crippen molar-refractivity contribution in [1.29, 1.82) is 0 Å². The highest BCUT2D eigenvalue weighted by molar-refractivity contribution is 5.91. The van der Waals surface area contributed by atoms with E-state index < -0.39 is 10.3 Å². The topological polar surface area (TPSA) is 84.3 Å². The van der Waals surface area contributed by atoms with Gasteiger partial charge in [-0.3, -0.25) is 14.9 Å². The highest BCUT2D eigenvalue weighted by atomic mass is 19.1. The van der Waals surface area contributed by atoms with Gasteiger partial charge in [-0.15, -0.1) is 0 Å². The van der Waals surface area contributed by atoms with E-state index in [-0.39, 0.29) is 17.4 Å². The molecule has 1 fully saturated rings. The molecule has 1 saturated carbocycles. The van der Waals surface area contributed by atoms with Gasteiger partial charge in [0.05, 0.1) is 10.3 Å². The summed E-state index contributed by atoms with van der Waals surface area (Å²) in [4.78, 5) is 23.0. The molecule has 0 aliphatic heterocycles. The second-order valence-electron chi connectivity index (χ2n) is 6.05. The number of halogens is 1. The van der Waals surface area contributed by atoms with Crippen LogP contribution in [0, 0.1) is 15.9 Å². The SMILES string of the molecule is O=C(NCCNc1ccccc1[N+](=O)[O-])C1(c2ccc(F)cc2)CC1. The van der Waals surface area contributed by atoms with Crippen molar-refractivity contribution in [1.82, 2.24) is 5.32 Å². The van der Waals surface area contributed by atoms with Gasteiger partial charge in [0, 0.05) is 19.2 Å². The van der Waals surface area contributed by atoms with Crippen LogP contribution in [0.4, 0.5) is 15.8 Å². The van der Waals surface area contributed by atoms with Crippen LogP contribution in [0.1, 0.15) is 18.4 Å². The number of nitro benzene ring substituents is 1. The van der Waals surface area contributed by atoms with Crippen molar-refractivity contribution in [2.24, 2.45) is 0 Å². The number of nitrogens with zero attached hydrogens (tertiary/aromatic N) is 1. The summed E-state index contributed by atoms with van der Waals surface area (Å²) in [7, 11) is 0. The molecule has 3 rings (SSSR count). The minimum absolute atomic E-state index is 0.00111. The molecule has 0 atom stereocenters. The maximum absolute atomic E-state index is 13.0. The first-order valence-corrected chi connectivity index (χ1v) is 8.04.